The first-order chi connectivity index (χ1) is 7.41. The summed E-state index contributed by atoms with van der Waals surface area (Å²) < 4.78 is 31.6. The molecular weight excluding hydrogens is 255 g/mol. The number of aliphatic hydroxyl groups excluding tert-OH is 1. The zero-order valence-electron chi connectivity index (χ0n) is 9.40. The van der Waals surface area contributed by atoms with Crippen molar-refractivity contribution in [1.29, 1.82) is 0 Å². The van der Waals surface area contributed by atoms with Crippen LogP contribution in [0.4, 0.5) is 0 Å². The van der Waals surface area contributed by atoms with Gasteiger partial charge in [-0.1, -0.05) is 12.2 Å². The van der Waals surface area contributed by atoms with Crippen molar-refractivity contribution in [3.05, 3.63) is 0 Å². The van der Waals surface area contributed by atoms with Gasteiger partial charge in [0.1, 0.15) is 18.3 Å². The second-order valence-electron chi connectivity index (χ2n) is 3.55. The van der Waals surface area contributed by atoms with Gasteiger partial charge < -0.3 is 19.1 Å². The topological polar surface area (TPSA) is 74.2 Å². The van der Waals surface area contributed by atoms with E-state index in [1.807, 2.05) is 0 Å². The fraction of sp³-hybridized carbons (Fsp3) is 1.00. The first-order valence-corrected chi connectivity index (χ1v) is 7.50. The molecule has 2 unspecified atom stereocenters. The van der Waals surface area contributed by atoms with Crippen LogP contribution in [0.2, 0.25) is 0 Å². The number of ether oxygens (including phenoxy) is 2. The Morgan fingerprint density at radius 1 is 1.50 bits per heavy atom. The number of methoxy groups -OCH3 is 1. The third kappa shape index (κ3) is 3.43. The van der Waals surface area contributed by atoms with Crippen molar-refractivity contribution in [1.82, 2.24) is 0 Å². The molecule has 1 saturated heterocycles. The normalized spacial score (nSPS) is 38.6. The Labute approximate surface area is 99.9 Å². The number of rotatable bonds is 5. The maximum atomic E-state index is 11.6. The lowest BCUT2D eigenvalue weighted by atomic mass is 10.1. The van der Waals surface area contributed by atoms with E-state index < -0.39 is 31.2 Å². The smallest absolute Gasteiger partial charge is 0.386 e. The molecular formula is C8H17O6PS. The summed E-state index contributed by atoms with van der Waals surface area (Å²) in [6.45, 7) is -1.51. The summed E-state index contributed by atoms with van der Waals surface area (Å²) in [4.78, 5) is 0. The van der Waals surface area contributed by atoms with E-state index in [0.29, 0.717) is 0 Å². The van der Waals surface area contributed by atoms with Gasteiger partial charge in [-0.05, 0) is 6.92 Å². The van der Waals surface area contributed by atoms with Gasteiger partial charge in [0.15, 0.2) is 0 Å². The molecule has 0 bridgehead atoms. The van der Waals surface area contributed by atoms with Gasteiger partial charge in [-0.3, -0.25) is 4.52 Å². The van der Waals surface area contributed by atoms with Crippen molar-refractivity contribution in [2.24, 2.45) is 0 Å². The molecule has 0 aromatic carbocycles. The van der Waals surface area contributed by atoms with E-state index in [9.17, 15) is 9.67 Å². The van der Waals surface area contributed by atoms with Crippen LogP contribution in [0.15, 0.2) is 0 Å². The number of aliphatic hydroxyl groups is 1. The van der Waals surface area contributed by atoms with Gasteiger partial charge in [-0.25, -0.2) is 4.57 Å². The molecule has 1 aliphatic rings. The molecule has 6 nitrogen and oxygen atoms in total. The van der Waals surface area contributed by atoms with Crippen molar-refractivity contribution in [3.8, 4) is 0 Å². The molecule has 96 valence electrons. The summed E-state index contributed by atoms with van der Waals surface area (Å²) >= 11 is 3.74. The quantitative estimate of drug-likeness (QED) is 0.571. The molecule has 0 aromatic heterocycles. The van der Waals surface area contributed by atoms with Crippen LogP contribution < -0.4 is 0 Å². The van der Waals surface area contributed by atoms with Crippen LogP contribution in [0, 0.1) is 0 Å². The molecule has 1 rings (SSSR count). The summed E-state index contributed by atoms with van der Waals surface area (Å²) in [6.07, 6.45) is -2.53. The van der Waals surface area contributed by atoms with Crippen molar-refractivity contribution in [2.45, 2.75) is 31.3 Å². The molecule has 1 N–H and O–H groups in total. The molecule has 0 spiro atoms. The third-order valence-electron chi connectivity index (χ3n) is 2.39. The van der Waals surface area contributed by atoms with E-state index in [-0.39, 0.29) is 6.61 Å². The predicted molar refractivity (Wildman–Crippen MR) is 60.7 cm³/mol. The molecule has 0 radical (unpaired) electrons. The van der Waals surface area contributed by atoms with Gasteiger partial charge in [0.05, 0.1) is 12.7 Å². The minimum absolute atomic E-state index is 0.240. The summed E-state index contributed by atoms with van der Waals surface area (Å²) in [5, 5.41) is 9.80. The van der Waals surface area contributed by atoms with Crippen molar-refractivity contribution in [2.75, 3.05) is 20.8 Å². The van der Waals surface area contributed by atoms with Gasteiger partial charge >= 0.3 is 6.80 Å². The SMILES string of the molecule is COC[C@H]1O[C@@H](C)[C@@H](O)C1OP(=O)(S)OC. The van der Waals surface area contributed by atoms with Crippen molar-refractivity contribution < 1.29 is 28.2 Å². The maximum absolute atomic E-state index is 11.6. The largest absolute Gasteiger partial charge is 0.388 e. The van der Waals surface area contributed by atoms with Gasteiger partial charge in [-0.15, -0.1) is 0 Å². The molecule has 0 saturated carbocycles. The minimum Gasteiger partial charge on any atom is -0.388 e. The summed E-state index contributed by atoms with van der Waals surface area (Å²) in [7, 11) is 2.73. The van der Waals surface area contributed by atoms with E-state index in [1.165, 1.54) is 14.2 Å². The number of hydrogen-bond acceptors (Lipinski definition) is 6. The Bertz CT molecular complexity index is 275. The van der Waals surface area contributed by atoms with Gasteiger partial charge in [0.2, 0.25) is 0 Å². The Morgan fingerprint density at radius 2 is 2.12 bits per heavy atom. The summed E-state index contributed by atoms with van der Waals surface area (Å²) in [6, 6.07) is 0. The van der Waals surface area contributed by atoms with Crippen LogP contribution in [0.1, 0.15) is 6.92 Å². The highest BCUT2D eigenvalue weighted by atomic mass is 32.7. The molecule has 0 amide bonds. The standard InChI is InChI=1S/C8H17O6PS/c1-5-7(9)8(6(13-5)4-11-2)14-15(10,16)12-3/h5-9H,4H2,1-3H3,(H,10,16)/t5-,6+,7+,8?,15?/m0/s1. The fourth-order valence-electron chi connectivity index (χ4n) is 1.55. The van der Waals surface area contributed by atoms with Crippen molar-refractivity contribution >= 4 is 19.0 Å². The zero-order valence-corrected chi connectivity index (χ0v) is 11.2. The second kappa shape index (κ2) is 5.82. The molecule has 8 heteroatoms. The highest BCUT2D eigenvalue weighted by Crippen LogP contribution is 2.54. The minimum atomic E-state index is -3.45. The molecule has 16 heavy (non-hydrogen) atoms. The Balaban J connectivity index is 2.70. The van der Waals surface area contributed by atoms with Crippen LogP contribution in [0.5, 0.6) is 0 Å². The van der Waals surface area contributed by atoms with E-state index in [0.717, 1.165) is 0 Å². The lowest BCUT2D eigenvalue weighted by molar-refractivity contribution is -0.0244. The lowest BCUT2D eigenvalue weighted by Gasteiger charge is -2.22. The first-order valence-electron chi connectivity index (χ1n) is 4.80. The molecule has 0 aliphatic carbocycles. The molecule has 5 atom stereocenters. The van der Waals surface area contributed by atoms with Crippen LogP contribution in [-0.4, -0.2) is 50.3 Å². The second-order valence-corrected chi connectivity index (χ2v) is 6.53. The van der Waals surface area contributed by atoms with E-state index in [4.69, 9.17) is 14.0 Å². The summed E-state index contributed by atoms with van der Waals surface area (Å²) in [5.41, 5.74) is 0. The predicted octanol–water partition coefficient (Wildman–Crippen LogP) is 0.850. The van der Waals surface area contributed by atoms with Crippen LogP contribution in [-0.2, 0) is 23.1 Å². The fourth-order valence-corrected chi connectivity index (χ4v) is 2.53. The van der Waals surface area contributed by atoms with E-state index in [1.54, 1.807) is 6.92 Å². The Kier molecular flexibility index (Phi) is 5.25. The zero-order chi connectivity index (χ0) is 12.3. The van der Waals surface area contributed by atoms with E-state index >= 15 is 0 Å². The van der Waals surface area contributed by atoms with Crippen LogP contribution >= 0.6 is 19.0 Å². The average Bonchev–Trinajstić information content (AvgIpc) is 2.47. The summed E-state index contributed by atoms with van der Waals surface area (Å²) in [5.74, 6) is 0. The maximum Gasteiger partial charge on any atom is 0.386 e. The molecule has 1 heterocycles. The third-order valence-corrected chi connectivity index (χ3v) is 4.13. The molecule has 0 aromatic rings. The highest BCUT2D eigenvalue weighted by molar-refractivity contribution is 8.44. The monoisotopic (exact) mass is 272 g/mol. The molecule has 1 aliphatic heterocycles. The number of hydrogen-bond donors (Lipinski definition) is 2. The average molecular weight is 272 g/mol. The van der Waals surface area contributed by atoms with Crippen LogP contribution in [0.25, 0.3) is 0 Å². The Morgan fingerprint density at radius 3 is 2.62 bits per heavy atom. The molecule has 1 fully saturated rings. The lowest BCUT2D eigenvalue weighted by Crippen LogP contribution is -2.35. The van der Waals surface area contributed by atoms with E-state index in [2.05, 4.69) is 16.8 Å². The van der Waals surface area contributed by atoms with Gasteiger partial charge in [0, 0.05) is 14.2 Å². The van der Waals surface area contributed by atoms with Gasteiger partial charge in [-0.2, -0.15) is 0 Å². The highest BCUT2D eigenvalue weighted by Gasteiger charge is 2.45. The van der Waals surface area contributed by atoms with Crippen molar-refractivity contribution in [3.63, 3.8) is 0 Å². The first kappa shape index (κ1) is 14.4. The Hall–Kier alpha value is 0.380. The number of thiol groups is 1. The van der Waals surface area contributed by atoms with Gasteiger partial charge in [0.25, 0.3) is 0 Å². The van der Waals surface area contributed by atoms with Crippen LogP contribution in [0.3, 0.4) is 0 Å².